The summed E-state index contributed by atoms with van der Waals surface area (Å²) >= 11 is 0. The number of hydrogen-bond donors (Lipinski definition) is 0. The Kier molecular flexibility index (Phi) is 3.04. The van der Waals surface area contributed by atoms with Crippen LogP contribution >= 0.6 is 0 Å². The zero-order valence-corrected chi connectivity index (χ0v) is 9.35. The molecule has 1 amide bonds. The van der Waals surface area contributed by atoms with Gasteiger partial charge in [0.25, 0.3) is 5.91 Å². The van der Waals surface area contributed by atoms with Crippen LogP contribution in [-0.2, 0) is 9.59 Å². The second kappa shape index (κ2) is 4.47. The van der Waals surface area contributed by atoms with Crippen molar-refractivity contribution in [3.63, 3.8) is 0 Å². The van der Waals surface area contributed by atoms with Gasteiger partial charge in [0.05, 0.1) is 6.04 Å². The maximum atomic E-state index is 11.7. The Bertz CT molecular complexity index is 400. The average molecular weight is 217 g/mol. The van der Waals surface area contributed by atoms with Gasteiger partial charge in [0.1, 0.15) is 0 Å². The Morgan fingerprint density at radius 1 is 1.19 bits per heavy atom. The van der Waals surface area contributed by atoms with Crippen molar-refractivity contribution in [1.29, 1.82) is 0 Å². The predicted molar refractivity (Wildman–Crippen MR) is 60.8 cm³/mol. The van der Waals surface area contributed by atoms with Crippen molar-refractivity contribution in [3.8, 4) is 0 Å². The molecule has 1 aromatic carbocycles. The Labute approximate surface area is 95.1 Å². The molecule has 1 aromatic rings. The van der Waals surface area contributed by atoms with Gasteiger partial charge in [0, 0.05) is 13.0 Å². The fourth-order valence-corrected chi connectivity index (χ4v) is 2.06. The third-order valence-corrected chi connectivity index (χ3v) is 3.05. The fourth-order valence-electron chi connectivity index (χ4n) is 2.06. The molecule has 1 fully saturated rings. The summed E-state index contributed by atoms with van der Waals surface area (Å²) in [5.74, 6) is -0.586. The molecule has 0 aliphatic carbocycles. The van der Waals surface area contributed by atoms with Gasteiger partial charge in [0.2, 0.25) is 5.78 Å². The molecule has 2 rings (SSSR count). The van der Waals surface area contributed by atoms with Crippen LogP contribution in [0.5, 0.6) is 0 Å². The highest BCUT2D eigenvalue weighted by atomic mass is 16.2. The number of Topliss-reactive ketones (excluding diaryl/α,β-unsaturated/α-hetero) is 1. The van der Waals surface area contributed by atoms with Gasteiger partial charge in [-0.25, -0.2) is 0 Å². The van der Waals surface area contributed by atoms with E-state index < -0.39 is 0 Å². The number of nitrogens with zero attached hydrogens (tertiary/aromatic N) is 1. The van der Waals surface area contributed by atoms with Gasteiger partial charge < -0.3 is 4.90 Å². The second-order valence-corrected chi connectivity index (χ2v) is 4.11. The van der Waals surface area contributed by atoms with E-state index >= 15 is 0 Å². The predicted octanol–water partition coefficient (Wildman–Crippen LogP) is 1.94. The topological polar surface area (TPSA) is 37.4 Å². The van der Waals surface area contributed by atoms with Gasteiger partial charge in [0.15, 0.2) is 0 Å². The summed E-state index contributed by atoms with van der Waals surface area (Å²) in [7, 11) is 0. The van der Waals surface area contributed by atoms with Crippen LogP contribution in [0.4, 0.5) is 0 Å². The molecule has 1 heterocycles. The zero-order chi connectivity index (χ0) is 11.5. The normalized spacial score (nSPS) is 18.7. The number of amides is 1. The van der Waals surface area contributed by atoms with Crippen LogP contribution in [0.1, 0.15) is 31.4 Å². The molecular weight excluding hydrogens is 202 g/mol. The highest BCUT2D eigenvalue weighted by Gasteiger charge is 2.29. The molecule has 0 spiro atoms. The van der Waals surface area contributed by atoms with Crippen LogP contribution in [-0.4, -0.2) is 23.1 Å². The van der Waals surface area contributed by atoms with Gasteiger partial charge in [-0.05, 0) is 18.9 Å². The molecule has 16 heavy (non-hydrogen) atoms. The van der Waals surface area contributed by atoms with E-state index in [0.29, 0.717) is 13.0 Å². The molecule has 0 radical (unpaired) electrons. The number of rotatable bonds is 2. The van der Waals surface area contributed by atoms with Crippen molar-refractivity contribution < 1.29 is 9.59 Å². The van der Waals surface area contributed by atoms with Crippen LogP contribution in [0.2, 0.25) is 0 Å². The molecule has 3 heteroatoms. The molecule has 0 bridgehead atoms. The lowest BCUT2D eigenvalue weighted by Crippen LogP contribution is -2.42. The summed E-state index contributed by atoms with van der Waals surface area (Å²) in [5, 5.41) is 0. The minimum absolute atomic E-state index is 0.0158. The molecule has 1 aliphatic rings. The number of hydrogen-bond acceptors (Lipinski definition) is 2. The summed E-state index contributed by atoms with van der Waals surface area (Å²) in [6.45, 7) is 2.65. The van der Waals surface area contributed by atoms with Gasteiger partial charge in [-0.1, -0.05) is 30.3 Å². The largest absolute Gasteiger partial charge is 0.329 e. The maximum absolute atomic E-state index is 11.7. The first kappa shape index (κ1) is 10.9. The third-order valence-electron chi connectivity index (χ3n) is 3.05. The Morgan fingerprint density at radius 3 is 2.56 bits per heavy atom. The first-order valence-electron chi connectivity index (χ1n) is 5.59. The second-order valence-electron chi connectivity index (χ2n) is 4.11. The molecule has 0 saturated carbocycles. The van der Waals surface area contributed by atoms with E-state index in [9.17, 15) is 9.59 Å². The summed E-state index contributed by atoms with van der Waals surface area (Å²) in [6.07, 6.45) is 1.18. The number of carbonyl (C=O) groups is 2. The molecule has 0 N–H and O–H groups in total. The summed E-state index contributed by atoms with van der Waals surface area (Å²) in [6, 6.07) is 9.79. The van der Waals surface area contributed by atoms with Gasteiger partial charge in [-0.3, -0.25) is 9.59 Å². The number of piperidine rings is 1. The highest BCUT2D eigenvalue weighted by Crippen LogP contribution is 2.23. The number of benzene rings is 1. The van der Waals surface area contributed by atoms with Crippen molar-refractivity contribution in [2.24, 2.45) is 0 Å². The summed E-state index contributed by atoms with van der Waals surface area (Å²) in [5.41, 5.74) is 1.07. The van der Waals surface area contributed by atoms with Crippen molar-refractivity contribution in [3.05, 3.63) is 35.9 Å². The fraction of sp³-hybridized carbons (Fsp3) is 0.385. The van der Waals surface area contributed by atoms with Crippen LogP contribution in [0, 0.1) is 0 Å². The third kappa shape index (κ3) is 1.98. The van der Waals surface area contributed by atoms with E-state index in [1.165, 1.54) is 0 Å². The smallest absolute Gasteiger partial charge is 0.290 e. The van der Waals surface area contributed by atoms with Crippen molar-refractivity contribution in [2.75, 3.05) is 6.54 Å². The number of likely N-dealkylation sites (tertiary alicyclic amines) is 1. The minimum Gasteiger partial charge on any atom is -0.329 e. The van der Waals surface area contributed by atoms with E-state index in [1.54, 1.807) is 4.90 Å². The molecule has 1 atom stereocenters. The minimum atomic E-state index is -0.331. The SMILES string of the molecule is CC(c1ccccc1)N1CCCC(=O)C1=O. The quantitative estimate of drug-likeness (QED) is 0.710. The highest BCUT2D eigenvalue weighted by molar-refractivity contribution is 6.36. The van der Waals surface area contributed by atoms with E-state index in [-0.39, 0.29) is 17.7 Å². The molecule has 1 aliphatic heterocycles. The first-order chi connectivity index (χ1) is 7.70. The molecule has 1 saturated heterocycles. The van der Waals surface area contributed by atoms with Gasteiger partial charge in [-0.15, -0.1) is 0 Å². The monoisotopic (exact) mass is 217 g/mol. The summed E-state index contributed by atoms with van der Waals surface area (Å²) < 4.78 is 0. The first-order valence-corrected chi connectivity index (χ1v) is 5.59. The molecule has 1 unspecified atom stereocenters. The molecule has 84 valence electrons. The van der Waals surface area contributed by atoms with Crippen LogP contribution in [0.15, 0.2) is 30.3 Å². The van der Waals surface area contributed by atoms with Gasteiger partial charge in [-0.2, -0.15) is 0 Å². The molecule has 3 nitrogen and oxygen atoms in total. The zero-order valence-electron chi connectivity index (χ0n) is 9.35. The lowest BCUT2D eigenvalue weighted by atomic mass is 10.0. The van der Waals surface area contributed by atoms with E-state index in [2.05, 4.69) is 0 Å². The number of ketones is 1. The van der Waals surface area contributed by atoms with Crippen LogP contribution < -0.4 is 0 Å². The van der Waals surface area contributed by atoms with E-state index in [4.69, 9.17) is 0 Å². The lowest BCUT2D eigenvalue weighted by Gasteiger charge is -2.31. The van der Waals surface area contributed by atoms with Gasteiger partial charge >= 0.3 is 0 Å². The Balaban J connectivity index is 2.18. The van der Waals surface area contributed by atoms with Crippen molar-refractivity contribution >= 4 is 11.7 Å². The molecule has 0 aromatic heterocycles. The molecular formula is C13H15NO2. The van der Waals surface area contributed by atoms with E-state index in [0.717, 1.165) is 12.0 Å². The average Bonchev–Trinajstić information content (AvgIpc) is 2.33. The van der Waals surface area contributed by atoms with Crippen molar-refractivity contribution in [2.45, 2.75) is 25.8 Å². The maximum Gasteiger partial charge on any atom is 0.290 e. The number of carbonyl (C=O) groups excluding carboxylic acids is 2. The Hall–Kier alpha value is -1.64. The Morgan fingerprint density at radius 2 is 1.88 bits per heavy atom. The standard InChI is InChI=1S/C13H15NO2/c1-10(11-6-3-2-4-7-11)14-9-5-8-12(15)13(14)16/h2-4,6-7,10H,5,8-9H2,1H3. The lowest BCUT2D eigenvalue weighted by molar-refractivity contribution is -0.148. The van der Waals surface area contributed by atoms with E-state index in [1.807, 2.05) is 37.3 Å². The van der Waals surface area contributed by atoms with Crippen LogP contribution in [0.3, 0.4) is 0 Å². The van der Waals surface area contributed by atoms with Crippen LogP contribution in [0.25, 0.3) is 0 Å². The van der Waals surface area contributed by atoms with Crippen molar-refractivity contribution in [1.82, 2.24) is 4.90 Å². The summed E-state index contributed by atoms with van der Waals surface area (Å²) in [4.78, 5) is 24.7.